The molecule has 0 bridgehead atoms. The molecule has 0 spiro atoms. The first kappa shape index (κ1) is 36.6. The Hall–Kier alpha value is -0.441. The summed E-state index contributed by atoms with van der Waals surface area (Å²) in [6.07, 6.45) is 5.34. The summed E-state index contributed by atoms with van der Waals surface area (Å²) in [5, 5.41) is 0. The molecule has 0 aliphatic carbocycles. The van der Waals surface area contributed by atoms with Gasteiger partial charge in [-0.1, -0.05) is 8.64 Å². The van der Waals surface area contributed by atoms with Crippen LogP contribution in [0.15, 0.2) is 0 Å². The zero-order valence-electron chi connectivity index (χ0n) is 22.9. The first-order chi connectivity index (χ1) is 17.7. The van der Waals surface area contributed by atoms with Crippen LogP contribution in [0.5, 0.6) is 0 Å². The van der Waals surface area contributed by atoms with Crippen LogP contribution in [0.1, 0.15) is 53.4 Å². The van der Waals surface area contributed by atoms with E-state index >= 15 is 0 Å². The third-order valence-corrected chi connectivity index (χ3v) is 10.6. The maximum absolute atomic E-state index is 11.3. The number of thiocarbonyl (C=S) groups is 2. The Bertz CT molecular complexity index is 609. The number of nitrogens with zero attached hydrogens (tertiary/aromatic N) is 4. The third-order valence-electron chi connectivity index (χ3n) is 5.54. The zero-order valence-corrected chi connectivity index (χ0v) is 29.0. The second-order valence-corrected chi connectivity index (χ2v) is 14.7. The smallest absolute Gasteiger partial charge is 0.409 e. The molecule has 8 nitrogen and oxygen atoms in total. The van der Waals surface area contributed by atoms with Gasteiger partial charge >= 0.3 is 81.7 Å². The van der Waals surface area contributed by atoms with Crippen molar-refractivity contribution in [2.45, 2.75) is 62.3 Å². The van der Waals surface area contributed by atoms with Gasteiger partial charge in [0.2, 0.25) is 0 Å². The standard InChI is InChI=1S/2C8H14N2O2S2.2C4H9.Sn/c2*1-2-12-7(11)9-3-5-10(6-4-9)8(13)14;2*1-3-4-2;/h2*2-6H2,1H3,(H,13,14);2*1,3-4H2,2H3;/q;;;;+2/p-2. The molecule has 2 rings (SSSR count). The molecule has 37 heavy (non-hydrogen) atoms. The van der Waals surface area contributed by atoms with Crippen LogP contribution in [0.3, 0.4) is 0 Å². The number of piperazine rings is 2. The molecule has 0 unspecified atom stereocenters. The Kier molecular flexibility index (Phi) is 23.2. The van der Waals surface area contributed by atoms with Crippen molar-refractivity contribution >= 4 is 91.7 Å². The minimum absolute atomic E-state index is 0.149. The summed E-state index contributed by atoms with van der Waals surface area (Å²) in [4.78, 5) is 29.8. The number of amides is 2. The summed E-state index contributed by atoms with van der Waals surface area (Å²) < 4.78 is 14.0. The van der Waals surface area contributed by atoms with E-state index in [-0.39, 0.29) is 33.3 Å². The SMILES string of the molecule is CCC[CH2][Sn+2][CH2]CCC.CCOC(=O)N1CCN(C(=S)[S-])CC1.CCOC(=O)N1CCN(C(=S)[S-])CC1. The van der Waals surface area contributed by atoms with Crippen molar-refractivity contribution < 1.29 is 19.1 Å². The molecule has 2 amide bonds. The van der Waals surface area contributed by atoms with Crippen molar-refractivity contribution in [3.63, 3.8) is 0 Å². The van der Waals surface area contributed by atoms with Gasteiger partial charge in [-0.2, -0.15) is 0 Å². The largest absolute Gasteiger partial charge is 0.450 e. The van der Waals surface area contributed by atoms with E-state index in [2.05, 4.69) is 13.8 Å². The molecule has 0 aromatic carbocycles. The summed E-state index contributed by atoms with van der Waals surface area (Å²) >= 11 is 19.7. The van der Waals surface area contributed by atoms with E-state index in [1.165, 1.54) is 25.7 Å². The molecule has 0 saturated carbocycles. The molecular formula is C24H44N4O4S4Sn. The van der Waals surface area contributed by atoms with Gasteiger partial charge in [-0.15, -0.1) is 0 Å². The van der Waals surface area contributed by atoms with Crippen molar-refractivity contribution in [3.05, 3.63) is 0 Å². The Balaban J connectivity index is 0.000000541. The quantitative estimate of drug-likeness (QED) is 0.159. The fourth-order valence-corrected chi connectivity index (χ4v) is 8.19. The van der Waals surface area contributed by atoms with Crippen molar-refractivity contribution in [2.24, 2.45) is 0 Å². The Morgan fingerprint density at radius 2 is 0.946 bits per heavy atom. The molecule has 0 atom stereocenters. The summed E-state index contributed by atoms with van der Waals surface area (Å²) in [6, 6.07) is 0. The molecule has 0 N–H and O–H groups in total. The summed E-state index contributed by atoms with van der Waals surface area (Å²) in [6.45, 7) is 14.4. The first-order valence-electron chi connectivity index (χ1n) is 13.2. The molecule has 0 aromatic heterocycles. The molecule has 0 aromatic rings. The van der Waals surface area contributed by atoms with E-state index in [9.17, 15) is 9.59 Å². The molecule has 2 aliphatic rings. The van der Waals surface area contributed by atoms with Crippen molar-refractivity contribution in [3.8, 4) is 0 Å². The second kappa shape index (κ2) is 23.4. The number of carbonyl (C=O) groups is 2. The molecule has 2 heterocycles. The number of hydrogen-bond acceptors (Lipinski definition) is 8. The number of ether oxygens (including phenoxy) is 2. The van der Waals surface area contributed by atoms with Gasteiger partial charge in [0, 0.05) is 52.4 Å². The molecular weight excluding hydrogens is 655 g/mol. The fraction of sp³-hybridized carbons (Fsp3) is 0.833. The molecule has 2 aliphatic heterocycles. The van der Waals surface area contributed by atoms with E-state index in [0.29, 0.717) is 74.2 Å². The van der Waals surface area contributed by atoms with Crippen LogP contribution in [0.4, 0.5) is 9.59 Å². The van der Waals surface area contributed by atoms with Crippen molar-refractivity contribution in [1.82, 2.24) is 19.6 Å². The molecule has 2 fully saturated rings. The number of carbonyl (C=O) groups excluding carboxylic acids is 2. The molecule has 0 radical (unpaired) electrons. The van der Waals surface area contributed by atoms with Gasteiger partial charge in [0.25, 0.3) is 0 Å². The van der Waals surface area contributed by atoms with Gasteiger partial charge in [-0.05, 0) is 13.8 Å². The summed E-state index contributed by atoms with van der Waals surface area (Å²) in [5.41, 5.74) is 0. The summed E-state index contributed by atoms with van der Waals surface area (Å²) in [7, 11) is 0. The predicted octanol–water partition coefficient (Wildman–Crippen LogP) is 4.31. The van der Waals surface area contributed by atoms with E-state index < -0.39 is 0 Å². The van der Waals surface area contributed by atoms with Gasteiger partial charge < -0.3 is 78.8 Å². The summed E-state index contributed by atoms with van der Waals surface area (Å²) in [5.74, 6) is 0. The maximum atomic E-state index is 11.3. The monoisotopic (exact) mass is 700 g/mol. The van der Waals surface area contributed by atoms with Crippen LogP contribution in [0.25, 0.3) is 0 Å². The van der Waals surface area contributed by atoms with Gasteiger partial charge in [0.05, 0.1) is 13.2 Å². The van der Waals surface area contributed by atoms with Crippen LogP contribution >= 0.6 is 24.4 Å². The van der Waals surface area contributed by atoms with E-state index in [1.807, 2.05) is 9.80 Å². The number of hydrogen-bond donors (Lipinski definition) is 0. The van der Waals surface area contributed by atoms with Gasteiger partial charge in [0.15, 0.2) is 0 Å². The van der Waals surface area contributed by atoms with Crippen LogP contribution in [0, 0.1) is 0 Å². The molecule has 212 valence electrons. The second-order valence-electron chi connectivity index (χ2n) is 8.33. The minimum Gasteiger partial charge on any atom is -0.450 e. The van der Waals surface area contributed by atoms with Crippen LogP contribution < -0.4 is 0 Å². The zero-order chi connectivity index (χ0) is 28.1. The number of unbranched alkanes of at least 4 members (excludes halogenated alkanes) is 2. The van der Waals surface area contributed by atoms with Crippen LogP contribution in [-0.2, 0) is 34.7 Å². The van der Waals surface area contributed by atoms with Gasteiger partial charge in [-0.25, -0.2) is 9.59 Å². The molecule has 13 heteroatoms. The number of rotatable bonds is 8. The first-order valence-corrected chi connectivity index (χ1v) is 18.8. The topological polar surface area (TPSA) is 65.6 Å². The van der Waals surface area contributed by atoms with E-state index in [4.69, 9.17) is 59.2 Å². The van der Waals surface area contributed by atoms with Crippen molar-refractivity contribution in [2.75, 3.05) is 65.6 Å². The van der Waals surface area contributed by atoms with Gasteiger partial charge in [-0.3, -0.25) is 0 Å². The fourth-order valence-electron chi connectivity index (χ4n) is 3.30. The van der Waals surface area contributed by atoms with Gasteiger partial charge in [0.1, 0.15) is 0 Å². The average molecular weight is 700 g/mol. The normalized spacial score (nSPS) is 14.8. The average Bonchev–Trinajstić information content (AvgIpc) is 2.90. The van der Waals surface area contributed by atoms with E-state index in [0.717, 1.165) is 0 Å². The Morgan fingerprint density at radius 3 is 1.19 bits per heavy atom. The maximum Gasteiger partial charge on any atom is 0.409 e. The predicted molar refractivity (Wildman–Crippen MR) is 165 cm³/mol. The van der Waals surface area contributed by atoms with Crippen LogP contribution in [-0.4, -0.2) is 127 Å². The Labute approximate surface area is 256 Å². The van der Waals surface area contributed by atoms with Crippen LogP contribution in [0.2, 0.25) is 8.87 Å². The third kappa shape index (κ3) is 17.7. The van der Waals surface area contributed by atoms with Crippen molar-refractivity contribution in [1.29, 1.82) is 0 Å². The van der Waals surface area contributed by atoms with E-state index in [1.54, 1.807) is 32.5 Å². The minimum atomic E-state index is -0.248. The molecule has 2 saturated heterocycles. The Morgan fingerprint density at radius 1 is 0.649 bits per heavy atom.